The lowest BCUT2D eigenvalue weighted by Crippen LogP contribution is -2.44. The lowest BCUT2D eigenvalue weighted by atomic mass is 9.49. The van der Waals surface area contributed by atoms with Crippen molar-refractivity contribution in [3.05, 3.63) is 163 Å². The van der Waals surface area contributed by atoms with Crippen LogP contribution >= 0.6 is 0 Å². The van der Waals surface area contributed by atoms with Crippen LogP contribution in [0.4, 0.5) is 17.1 Å². The van der Waals surface area contributed by atoms with Crippen LogP contribution in [0.25, 0.3) is 65.0 Å². The van der Waals surface area contributed by atoms with E-state index in [2.05, 4.69) is 157 Å². The zero-order valence-corrected chi connectivity index (χ0v) is 36.2. The first-order valence-electron chi connectivity index (χ1n) is 24.8. The maximum Gasteiger partial charge on any atom is 0.0546 e. The van der Waals surface area contributed by atoms with Crippen LogP contribution in [0.2, 0.25) is 0 Å². The van der Waals surface area contributed by atoms with Crippen LogP contribution < -0.4 is 4.90 Å². The molecule has 1 heteroatoms. The Hall–Kier alpha value is -5.66. The third kappa shape index (κ3) is 5.47. The van der Waals surface area contributed by atoms with E-state index in [1.807, 2.05) is 0 Å². The van der Waals surface area contributed by atoms with Gasteiger partial charge in [-0.2, -0.15) is 0 Å². The molecule has 8 aliphatic rings. The molecule has 0 atom stereocenters. The molecule has 63 heavy (non-hydrogen) atoms. The van der Waals surface area contributed by atoms with Crippen molar-refractivity contribution >= 4 is 70.9 Å². The molecule has 1 nitrogen and oxygen atoms in total. The van der Waals surface area contributed by atoms with Gasteiger partial charge in [-0.25, -0.2) is 0 Å². The van der Waals surface area contributed by atoms with Crippen molar-refractivity contribution in [1.29, 1.82) is 0 Å². The molecule has 0 aliphatic heterocycles. The fourth-order valence-electron chi connectivity index (χ4n) is 16.5. The second-order valence-electron chi connectivity index (χ2n) is 21.8. The summed E-state index contributed by atoms with van der Waals surface area (Å²) in [5, 5.41) is 13.3. The largest absolute Gasteiger partial charge is 0.310 e. The van der Waals surface area contributed by atoms with Crippen LogP contribution in [0.3, 0.4) is 0 Å². The normalized spacial score (nSPS) is 29.3. The quantitative estimate of drug-likeness (QED) is 0.151. The molecule has 0 unspecified atom stereocenters. The summed E-state index contributed by atoms with van der Waals surface area (Å²) in [6.45, 7) is 0. The van der Waals surface area contributed by atoms with Crippen LogP contribution in [0, 0.1) is 47.3 Å². The SMILES string of the molecule is c1ccc(-c2cc3ccc4cccc5cc(N(c6cc(C7C8CC9CC(C8)CC7C9)cc(C7C8CC9CC(C8)CC7C9)c6)c6ccc7ccc8ccccc8c7c6)c(c2)c3c45)cc1. The predicted molar refractivity (Wildman–Crippen MR) is 265 cm³/mol. The van der Waals surface area contributed by atoms with E-state index in [1.165, 1.54) is 146 Å². The Bertz CT molecular complexity index is 3170. The Labute approximate surface area is 371 Å². The van der Waals surface area contributed by atoms with Crippen LogP contribution in [0.5, 0.6) is 0 Å². The van der Waals surface area contributed by atoms with Crippen molar-refractivity contribution in [2.45, 2.75) is 76.0 Å². The molecular formula is C62H55N. The molecule has 8 aliphatic carbocycles. The van der Waals surface area contributed by atoms with Gasteiger partial charge in [-0.15, -0.1) is 0 Å². The van der Waals surface area contributed by atoms with Gasteiger partial charge < -0.3 is 4.90 Å². The maximum atomic E-state index is 2.83. The monoisotopic (exact) mass is 813 g/mol. The van der Waals surface area contributed by atoms with Crippen molar-refractivity contribution in [2.24, 2.45) is 47.3 Å². The second-order valence-corrected chi connectivity index (χ2v) is 21.8. The molecule has 8 bridgehead atoms. The molecule has 0 saturated heterocycles. The number of anilines is 3. The molecule has 0 radical (unpaired) electrons. The molecule has 0 aromatic heterocycles. The Morgan fingerprint density at radius 2 is 0.857 bits per heavy atom. The van der Waals surface area contributed by atoms with Crippen LogP contribution in [-0.4, -0.2) is 0 Å². The molecular weight excluding hydrogens is 759 g/mol. The Kier molecular flexibility index (Phi) is 7.62. The Morgan fingerprint density at radius 3 is 1.54 bits per heavy atom. The van der Waals surface area contributed by atoms with Crippen molar-refractivity contribution < 1.29 is 0 Å². The summed E-state index contributed by atoms with van der Waals surface area (Å²) in [4.78, 5) is 2.75. The zero-order valence-electron chi connectivity index (χ0n) is 36.2. The van der Waals surface area contributed by atoms with E-state index in [0.29, 0.717) is 11.8 Å². The summed E-state index contributed by atoms with van der Waals surface area (Å²) in [5.41, 5.74) is 9.82. The fraction of sp³-hybridized carbons (Fsp3) is 0.323. The highest BCUT2D eigenvalue weighted by molar-refractivity contribution is 6.27. The highest BCUT2D eigenvalue weighted by atomic mass is 15.1. The topological polar surface area (TPSA) is 3.24 Å². The molecule has 0 amide bonds. The molecule has 0 N–H and O–H groups in total. The molecule has 0 spiro atoms. The van der Waals surface area contributed by atoms with E-state index in [9.17, 15) is 0 Å². The lowest BCUT2D eigenvalue weighted by Gasteiger charge is -2.56. The van der Waals surface area contributed by atoms with E-state index in [1.54, 1.807) is 11.1 Å². The minimum Gasteiger partial charge on any atom is -0.310 e. The second kappa shape index (κ2) is 13.4. The van der Waals surface area contributed by atoms with Gasteiger partial charge in [-0.1, -0.05) is 109 Å². The lowest BCUT2D eigenvalue weighted by molar-refractivity contribution is -0.00495. The summed E-state index contributed by atoms with van der Waals surface area (Å²) in [6.07, 6.45) is 14.6. The summed E-state index contributed by atoms with van der Waals surface area (Å²) in [6, 6.07) is 59.6. The molecule has 9 aromatic carbocycles. The predicted octanol–water partition coefficient (Wildman–Crippen LogP) is 17.1. The summed E-state index contributed by atoms with van der Waals surface area (Å²) in [5.74, 6) is 8.57. The number of nitrogens with zero attached hydrogens (tertiary/aromatic N) is 1. The molecule has 8 saturated carbocycles. The number of hydrogen-bond acceptors (Lipinski definition) is 1. The van der Waals surface area contributed by atoms with Crippen LogP contribution in [0.15, 0.2) is 152 Å². The number of benzene rings is 9. The van der Waals surface area contributed by atoms with Gasteiger partial charge in [0, 0.05) is 16.8 Å². The first-order chi connectivity index (χ1) is 31.1. The van der Waals surface area contributed by atoms with Gasteiger partial charge in [0.2, 0.25) is 0 Å². The summed E-state index contributed by atoms with van der Waals surface area (Å²) < 4.78 is 0. The summed E-state index contributed by atoms with van der Waals surface area (Å²) in [7, 11) is 0. The Morgan fingerprint density at radius 1 is 0.317 bits per heavy atom. The minimum absolute atomic E-state index is 0.679. The van der Waals surface area contributed by atoms with E-state index < -0.39 is 0 Å². The van der Waals surface area contributed by atoms with E-state index >= 15 is 0 Å². The number of hydrogen-bond donors (Lipinski definition) is 0. The van der Waals surface area contributed by atoms with Gasteiger partial charge in [0.1, 0.15) is 0 Å². The minimum atomic E-state index is 0.679. The van der Waals surface area contributed by atoms with E-state index in [0.717, 1.165) is 47.3 Å². The van der Waals surface area contributed by atoms with Crippen molar-refractivity contribution in [1.82, 2.24) is 0 Å². The van der Waals surface area contributed by atoms with Gasteiger partial charge in [0.25, 0.3) is 0 Å². The first kappa shape index (κ1) is 35.8. The molecule has 308 valence electrons. The van der Waals surface area contributed by atoms with Gasteiger partial charge in [0.05, 0.1) is 5.69 Å². The van der Waals surface area contributed by atoms with Crippen molar-refractivity contribution in [3.63, 3.8) is 0 Å². The Balaban J connectivity index is 1.03. The first-order valence-corrected chi connectivity index (χ1v) is 24.8. The maximum absolute atomic E-state index is 2.83. The van der Waals surface area contributed by atoms with Crippen molar-refractivity contribution in [2.75, 3.05) is 4.90 Å². The highest BCUT2D eigenvalue weighted by Crippen LogP contribution is 2.63. The average molecular weight is 814 g/mol. The molecule has 8 fully saturated rings. The van der Waals surface area contributed by atoms with Gasteiger partial charge in [0.15, 0.2) is 0 Å². The fourth-order valence-corrected chi connectivity index (χ4v) is 16.5. The van der Waals surface area contributed by atoms with Gasteiger partial charge >= 0.3 is 0 Å². The number of fused-ring (bicyclic) bond motifs is 3. The third-order valence-electron chi connectivity index (χ3n) is 18.3. The number of rotatable bonds is 6. The van der Waals surface area contributed by atoms with E-state index in [4.69, 9.17) is 0 Å². The summed E-state index contributed by atoms with van der Waals surface area (Å²) >= 11 is 0. The van der Waals surface area contributed by atoms with Gasteiger partial charge in [-0.3, -0.25) is 0 Å². The van der Waals surface area contributed by atoms with E-state index in [-0.39, 0.29) is 0 Å². The standard InChI is InChI=1S/C62H55N/c1-2-7-40(8-3-1)46-29-45-16-15-43-10-6-11-44-34-58(57(33-46)62(45)61(43)44)63(53-18-17-42-14-13-41-9-4-5-12-55(41)56(42)35-53)54-31-51(59-47-21-36-19-37(23-47)24-48(59)22-36)30-52(32-54)60-49-25-38-20-39(27-49)28-50(60)26-38/h1-18,29-39,47-50,59-60H,19-28H2. The van der Waals surface area contributed by atoms with Crippen LogP contribution in [0.1, 0.15) is 87.2 Å². The highest BCUT2D eigenvalue weighted by Gasteiger charge is 2.51. The third-order valence-corrected chi connectivity index (χ3v) is 18.3. The average Bonchev–Trinajstić information content (AvgIpc) is 3.30. The van der Waals surface area contributed by atoms with Crippen LogP contribution in [-0.2, 0) is 0 Å². The molecule has 17 rings (SSSR count). The van der Waals surface area contributed by atoms with Gasteiger partial charge in [-0.05, 0) is 237 Å². The molecule has 0 heterocycles. The molecule has 9 aromatic rings. The van der Waals surface area contributed by atoms with Crippen molar-refractivity contribution in [3.8, 4) is 11.1 Å². The zero-order chi connectivity index (χ0) is 40.9. The smallest absolute Gasteiger partial charge is 0.0546 e.